The molecule has 19 heavy (non-hydrogen) atoms. The highest BCUT2D eigenvalue weighted by Gasteiger charge is 2.41. The lowest BCUT2D eigenvalue weighted by Gasteiger charge is -2.36. The van der Waals surface area contributed by atoms with Gasteiger partial charge in [0.1, 0.15) is 5.60 Å². The maximum Gasteiger partial charge on any atom is 0.231 e. The molecule has 5 heteroatoms. The van der Waals surface area contributed by atoms with E-state index in [0.29, 0.717) is 17.6 Å². The molecule has 0 amide bonds. The Balaban J connectivity index is 2.24. The Kier molecular flexibility index (Phi) is 4.26. The van der Waals surface area contributed by atoms with Gasteiger partial charge in [0.05, 0.1) is 5.92 Å². The largest absolute Gasteiger partial charge is 0.370 e. The van der Waals surface area contributed by atoms with Crippen LogP contribution in [0.2, 0.25) is 0 Å². The molecule has 1 aliphatic rings. The summed E-state index contributed by atoms with van der Waals surface area (Å²) in [5.74, 6) is 1.99. The van der Waals surface area contributed by atoms with E-state index in [1.165, 1.54) is 6.42 Å². The van der Waals surface area contributed by atoms with Gasteiger partial charge in [-0.2, -0.15) is 4.98 Å². The molecule has 0 aromatic carbocycles. The van der Waals surface area contributed by atoms with Crippen LogP contribution in [0.1, 0.15) is 64.1 Å². The van der Waals surface area contributed by atoms with E-state index in [2.05, 4.69) is 17.1 Å². The van der Waals surface area contributed by atoms with Crippen LogP contribution in [0.5, 0.6) is 0 Å². The Hall–Kier alpha value is -0.940. The van der Waals surface area contributed by atoms with Crippen molar-refractivity contribution in [1.29, 1.82) is 0 Å². The molecule has 2 rings (SSSR count). The average molecular weight is 267 g/mol. The minimum absolute atomic E-state index is 0.00271. The highest BCUT2D eigenvalue weighted by Crippen LogP contribution is 2.41. The SMILES string of the molecule is COC1(c2noc(C(C)C(C)N)n2)CCCC(C)C1. The molecule has 0 spiro atoms. The van der Waals surface area contributed by atoms with Crippen molar-refractivity contribution in [2.24, 2.45) is 11.7 Å². The van der Waals surface area contributed by atoms with E-state index in [-0.39, 0.29) is 17.6 Å². The zero-order valence-electron chi connectivity index (χ0n) is 12.3. The van der Waals surface area contributed by atoms with Gasteiger partial charge in [-0.3, -0.25) is 0 Å². The zero-order chi connectivity index (χ0) is 14.0. The lowest BCUT2D eigenvalue weighted by molar-refractivity contribution is -0.0658. The molecule has 108 valence electrons. The molecular weight excluding hydrogens is 242 g/mol. The van der Waals surface area contributed by atoms with Gasteiger partial charge in [-0.1, -0.05) is 25.4 Å². The van der Waals surface area contributed by atoms with Crippen LogP contribution in [0.15, 0.2) is 4.52 Å². The monoisotopic (exact) mass is 267 g/mol. The third-order valence-corrected chi connectivity index (χ3v) is 4.37. The zero-order valence-corrected chi connectivity index (χ0v) is 12.3. The minimum Gasteiger partial charge on any atom is -0.370 e. The summed E-state index contributed by atoms with van der Waals surface area (Å²) in [7, 11) is 1.74. The lowest BCUT2D eigenvalue weighted by Crippen LogP contribution is -2.35. The normalized spacial score (nSPS) is 31.1. The highest BCUT2D eigenvalue weighted by atomic mass is 16.5. The van der Waals surface area contributed by atoms with Gasteiger partial charge in [0, 0.05) is 13.2 Å². The van der Waals surface area contributed by atoms with Gasteiger partial charge >= 0.3 is 0 Å². The van der Waals surface area contributed by atoms with Crippen molar-refractivity contribution in [3.63, 3.8) is 0 Å². The van der Waals surface area contributed by atoms with Crippen LogP contribution in [0.25, 0.3) is 0 Å². The first-order valence-electron chi connectivity index (χ1n) is 7.13. The highest BCUT2D eigenvalue weighted by molar-refractivity contribution is 5.06. The van der Waals surface area contributed by atoms with Crippen LogP contribution >= 0.6 is 0 Å². The maximum absolute atomic E-state index is 5.88. The van der Waals surface area contributed by atoms with E-state index >= 15 is 0 Å². The summed E-state index contributed by atoms with van der Waals surface area (Å²) in [6.07, 6.45) is 4.29. The molecule has 1 aromatic heterocycles. The van der Waals surface area contributed by atoms with Crippen molar-refractivity contribution in [3.8, 4) is 0 Å². The number of hydrogen-bond acceptors (Lipinski definition) is 5. The summed E-state index contributed by atoms with van der Waals surface area (Å²) in [4.78, 5) is 4.55. The fourth-order valence-electron chi connectivity index (χ4n) is 2.81. The number of aromatic nitrogens is 2. The fraction of sp³-hybridized carbons (Fsp3) is 0.857. The molecule has 0 aliphatic heterocycles. The molecule has 0 radical (unpaired) electrons. The van der Waals surface area contributed by atoms with Gasteiger partial charge < -0.3 is 15.0 Å². The van der Waals surface area contributed by atoms with Crippen molar-refractivity contribution in [1.82, 2.24) is 10.1 Å². The molecule has 1 fully saturated rings. The molecule has 1 aliphatic carbocycles. The first-order chi connectivity index (χ1) is 8.98. The number of rotatable bonds is 4. The van der Waals surface area contributed by atoms with Crippen LogP contribution in [0.4, 0.5) is 0 Å². The molecule has 5 nitrogen and oxygen atoms in total. The first kappa shape index (κ1) is 14.5. The summed E-state index contributed by atoms with van der Waals surface area (Å²) in [5.41, 5.74) is 5.51. The summed E-state index contributed by atoms with van der Waals surface area (Å²) in [6, 6.07) is -0.00271. The van der Waals surface area contributed by atoms with Gasteiger partial charge in [0.2, 0.25) is 11.7 Å². The second-order valence-electron chi connectivity index (χ2n) is 6.00. The van der Waals surface area contributed by atoms with Gasteiger partial charge in [-0.05, 0) is 32.1 Å². The number of nitrogens with two attached hydrogens (primary N) is 1. The van der Waals surface area contributed by atoms with E-state index in [1.807, 2.05) is 13.8 Å². The topological polar surface area (TPSA) is 74.2 Å². The summed E-state index contributed by atoms with van der Waals surface area (Å²) < 4.78 is 11.2. The first-order valence-corrected chi connectivity index (χ1v) is 7.13. The van der Waals surface area contributed by atoms with Gasteiger partial charge in [0.15, 0.2) is 0 Å². The standard InChI is InChI=1S/C14H25N3O2/c1-9-6-5-7-14(8-9,18-4)13-16-12(19-17-13)10(2)11(3)15/h9-11H,5-8,15H2,1-4H3. The summed E-state index contributed by atoms with van der Waals surface area (Å²) in [5, 5.41) is 4.15. The van der Waals surface area contributed by atoms with E-state index in [4.69, 9.17) is 15.0 Å². The molecular formula is C14H25N3O2. The number of methoxy groups -OCH3 is 1. The molecule has 2 N–H and O–H groups in total. The maximum atomic E-state index is 5.88. The summed E-state index contributed by atoms with van der Waals surface area (Å²) in [6.45, 7) is 6.20. The number of hydrogen-bond donors (Lipinski definition) is 1. The van der Waals surface area contributed by atoms with Gasteiger partial charge in [-0.15, -0.1) is 0 Å². The second kappa shape index (κ2) is 5.59. The lowest BCUT2D eigenvalue weighted by atomic mass is 9.78. The fourth-order valence-corrected chi connectivity index (χ4v) is 2.81. The smallest absolute Gasteiger partial charge is 0.231 e. The van der Waals surface area contributed by atoms with E-state index in [0.717, 1.165) is 19.3 Å². The second-order valence-corrected chi connectivity index (χ2v) is 6.00. The van der Waals surface area contributed by atoms with Crippen LogP contribution in [-0.4, -0.2) is 23.3 Å². The van der Waals surface area contributed by atoms with Crippen LogP contribution < -0.4 is 5.73 Å². The molecule has 0 bridgehead atoms. The third-order valence-electron chi connectivity index (χ3n) is 4.37. The van der Waals surface area contributed by atoms with Gasteiger partial charge in [0.25, 0.3) is 0 Å². The Morgan fingerprint density at radius 1 is 1.47 bits per heavy atom. The molecule has 4 unspecified atom stereocenters. The van der Waals surface area contributed by atoms with Crippen molar-refractivity contribution in [2.45, 2.75) is 64.0 Å². The van der Waals surface area contributed by atoms with E-state index in [9.17, 15) is 0 Å². The predicted molar refractivity (Wildman–Crippen MR) is 72.7 cm³/mol. The van der Waals surface area contributed by atoms with Crippen molar-refractivity contribution < 1.29 is 9.26 Å². The Morgan fingerprint density at radius 2 is 2.21 bits per heavy atom. The molecule has 4 atom stereocenters. The number of nitrogens with zero attached hydrogens (tertiary/aromatic N) is 2. The Morgan fingerprint density at radius 3 is 2.79 bits per heavy atom. The average Bonchev–Trinajstić information content (AvgIpc) is 2.87. The van der Waals surface area contributed by atoms with Crippen molar-refractivity contribution >= 4 is 0 Å². The van der Waals surface area contributed by atoms with Crippen LogP contribution in [-0.2, 0) is 10.3 Å². The predicted octanol–water partition coefficient (Wildman–Crippen LogP) is 2.57. The molecule has 1 heterocycles. The quantitative estimate of drug-likeness (QED) is 0.907. The third kappa shape index (κ3) is 2.82. The molecule has 1 saturated carbocycles. The van der Waals surface area contributed by atoms with Crippen LogP contribution in [0.3, 0.4) is 0 Å². The van der Waals surface area contributed by atoms with E-state index in [1.54, 1.807) is 7.11 Å². The van der Waals surface area contributed by atoms with E-state index < -0.39 is 0 Å². The Bertz CT molecular complexity index is 419. The Labute approximate surface area is 114 Å². The molecule has 1 aromatic rings. The van der Waals surface area contributed by atoms with Gasteiger partial charge in [-0.25, -0.2) is 0 Å². The number of ether oxygens (including phenoxy) is 1. The summed E-state index contributed by atoms with van der Waals surface area (Å²) >= 11 is 0. The minimum atomic E-state index is -0.378. The molecule has 0 saturated heterocycles. The van der Waals surface area contributed by atoms with Crippen molar-refractivity contribution in [3.05, 3.63) is 11.7 Å². The van der Waals surface area contributed by atoms with Crippen LogP contribution in [0, 0.1) is 5.92 Å². The van der Waals surface area contributed by atoms with Crippen molar-refractivity contribution in [2.75, 3.05) is 7.11 Å².